The van der Waals surface area contributed by atoms with Gasteiger partial charge in [-0.05, 0) is 55.3 Å². The third kappa shape index (κ3) is 3.53. The molecule has 2 aromatic carbocycles. The number of rotatable bonds is 3. The molecule has 3 nitrogen and oxygen atoms in total. The lowest BCUT2D eigenvalue weighted by atomic mass is 10.1. The summed E-state index contributed by atoms with van der Waals surface area (Å²) in [7, 11) is 0. The summed E-state index contributed by atoms with van der Waals surface area (Å²) in [6, 6.07) is 14.7. The highest BCUT2D eigenvalue weighted by molar-refractivity contribution is 5.77. The molecular weight excluding hydrogens is 395 g/mol. The van der Waals surface area contributed by atoms with Gasteiger partial charge >= 0.3 is 0 Å². The number of nitrogens with zero attached hydrogens (tertiary/aromatic N) is 2. The van der Waals surface area contributed by atoms with E-state index < -0.39 is 0 Å². The van der Waals surface area contributed by atoms with Crippen LogP contribution in [0.2, 0.25) is 0 Å². The van der Waals surface area contributed by atoms with E-state index in [2.05, 4.69) is 18.8 Å². The van der Waals surface area contributed by atoms with Gasteiger partial charge in [-0.15, -0.1) is 0 Å². The van der Waals surface area contributed by atoms with Gasteiger partial charge in [-0.1, -0.05) is 12.1 Å². The topological polar surface area (TPSA) is 29.9 Å². The second-order valence-corrected chi connectivity index (χ2v) is 6.28. The fraction of sp³-hybridized carbons (Fsp3) is 0.143. The van der Waals surface area contributed by atoms with Crippen molar-refractivity contribution in [3.63, 3.8) is 0 Å². The van der Waals surface area contributed by atoms with Crippen molar-refractivity contribution in [1.82, 2.24) is 4.98 Å². The standard InChI is InChI=1S/C21H18FN2O.BrH/c1-14-10-19-20(11-15(14)2)25-21(23-19)17-7-5-9-24(13-17)12-16-6-3-4-8-18(16)22;/h3-11,13H,12H2,1-2H3;1H/q+1;/p-1. The Morgan fingerprint density at radius 3 is 2.62 bits per heavy atom. The van der Waals surface area contributed by atoms with Crippen LogP contribution >= 0.6 is 0 Å². The Balaban J connectivity index is 0.00000196. The molecule has 0 N–H and O–H groups in total. The zero-order chi connectivity index (χ0) is 17.4. The van der Waals surface area contributed by atoms with E-state index in [1.54, 1.807) is 12.1 Å². The van der Waals surface area contributed by atoms with Crippen LogP contribution in [0.15, 0.2) is 65.3 Å². The van der Waals surface area contributed by atoms with Crippen LogP contribution in [0.25, 0.3) is 22.6 Å². The monoisotopic (exact) mass is 412 g/mol. The molecule has 0 radical (unpaired) electrons. The lowest BCUT2D eigenvalue weighted by molar-refractivity contribution is -0.688. The minimum Gasteiger partial charge on any atom is -1.00 e. The molecule has 4 aromatic rings. The fourth-order valence-electron chi connectivity index (χ4n) is 2.87. The van der Waals surface area contributed by atoms with Crippen molar-refractivity contribution in [2.75, 3.05) is 0 Å². The molecule has 2 aromatic heterocycles. The maximum atomic E-state index is 13.9. The van der Waals surface area contributed by atoms with Crippen LogP contribution in [-0.4, -0.2) is 4.98 Å². The van der Waals surface area contributed by atoms with Gasteiger partial charge in [-0.25, -0.2) is 9.37 Å². The maximum Gasteiger partial charge on any atom is 0.233 e. The van der Waals surface area contributed by atoms with Crippen LogP contribution in [0.3, 0.4) is 0 Å². The van der Waals surface area contributed by atoms with E-state index in [1.165, 1.54) is 17.2 Å². The van der Waals surface area contributed by atoms with E-state index in [-0.39, 0.29) is 22.8 Å². The molecular formula is C21H18BrFN2O. The normalized spacial score (nSPS) is 10.7. The largest absolute Gasteiger partial charge is 1.00 e. The number of oxazole rings is 1. The number of aryl methyl sites for hydroxylation is 2. The molecule has 0 fully saturated rings. The number of fused-ring (bicyclic) bond motifs is 1. The molecule has 0 spiro atoms. The Bertz CT molecular complexity index is 1040. The van der Waals surface area contributed by atoms with E-state index in [0.717, 1.165) is 16.7 Å². The molecule has 2 heterocycles. The first-order valence-corrected chi connectivity index (χ1v) is 8.21. The molecule has 0 aliphatic rings. The molecule has 0 amide bonds. The second kappa shape index (κ2) is 7.38. The van der Waals surface area contributed by atoms with E-state index in [9.17, 15) is 4.39 Å². The molecule has 0 saturated carbocycles. The summed E-state index contributed by atoms with van der Waals surface area (Å²) in [5, 5.41) is 0. The summed E-state index contributed by atoms with van der Waals surface area (Å²) >= 11 is 0. The first kappa shape index (κ1) is 18.3. The van der Waals surface area contributed by atoms with Crippen LogP contribution in [0.5, 0.6) is 0 Å². The smallest absolute Gasteiger partial charge is 0.233 e. The highest BCUT2D eigenvalue weighted by Crippen LogP contribution is 2.25. The Morgan fingerprint density at radius 1 is 1.04 bits per heavy atom. The van der Waals surface area contributed by atoms with E-state index in [0.29, 0.717) is 18.0 Å². The molecule has 26 heavy (non-hydrogen) atoms. The van der Waals surface area contributed by atoms with Gasteiger partial charge in [-0.2, -0.15) is 4.57 Å². The van der Waals surface area contributed by atoms with Crippen molar-refractivity contribution >= 4 is 11.1 Å². The third-order valence-electron chi connectivity index (χ3n) is 4.42. The zero-order valence-corrected chi connectivity index (χ0v) is 16.1. The van der Waals surface area contributed by atoms with E-state index in [4.69, 9.17) is 4.42 Å². The van der Waals surface area contributed by atoms with Gasteiger partial charge in [-0.3, -0.25) is 0 Å². The first-order valence-electron chi connectivity index (χ1n) is 8.21. The number of benzene rings is 2. The molecule has 0 bridgehead atoms. The summed E-state index contributed by atoms with van der Waals surface area (Å²) in [6.45, 7) is 4.58. The average molecular weight is 413 g/mol. The molecule has 4 rings (SSSR count). The summed E-state index contributed by atoms with van der Waals surface area (Å²) < 4.78 is 21.7. The Kier molecular flexibility index (Phi) is 5.18. The Labute approximate surface area is 161 Å². The van der Waals surface area contributed by atoms with Crippen LogP contribution < -0.4 is 21.5 Å². The van der Waals surface area contributed by atoms with Crippen LogP contribution in [0, 0.1) is 19.7 Å². The minimum atomic E-state index is -0.201. The van der Waals surface area contributed by atoms with Gasteiger partial charge < -0.3 is 21.4 Å². The minimum absolute atomic E-state index is 0. The Morgan fingerprint density at radius 2 is 1.81 bits per heavy atom. The number of pyridine rings is 1. The zero-order valence-electron chi connectivity index (χ0n) is 14.5. The highest BCUT2D eigenvalue weighted by Gasteiger charge is 2.14. The van der Waals surface area contributed by atoms with Gasteiger partial charge in [0, 0.05) is 6.07 Å². The summed E-state index contributed by atoms with van der Waals surface area (Å²) in [5.41, 5.74) is 5.51. The van der Waals surface area contributed by atoms with Crippen molar-refractivity contribution in [1.29, 1.82) is 0 Å². The van der Waals surface area contributed by atoms with Crippen molar-refractivity contribution < 1.29 is 30.4 Å². The molecule has 0 unspecified atom stereocenters. The fourth-order valence-corrected chi connectivity index (χ4v) is 2.87. The van der Waals surface area contributed by atoms with Crippen molar-refractivity contribution in [3.8, 4) is 11.5 Å². The van der Waals surface area contributed by atoms with Crippen LogP contribution in [0.1, 0.15) is 16.7 Å². The molecule has 0 aliphatic heterocycles. The highest BCUT2D eigenvalue weighted by atomic mass is 79.9. The second-order valence-electron chi connectivity index (χ2n) is 6.28. The van der Waals surface area contributed by atoms with Gasteiger partial charge in [0.25, 0.3) is 0 Å². The van der Waals surface area contributed by atoms with Crippen molar-refractivity contribution in [2.45, 2.75) is 20.4 Å². The third-order valence-corrected chi connectivity index (χ3v) is 4.42. The summed E-state index contributed by atoms with van der Waals surface area (Å²) in [6.07, 6.45) is 3.84. The van der Waals surface area contributed by atoms with Gasteiger partial charge in [0.05, 0.1) is 5.56 Å². The number of hydrogen-bond acceptors (Lipinski definition) is 2. The summed E-state index contributed by atoms with van der Waals surface area (Å²) in [5.74, 6) is 0.371. The maximum absolute atomic E-state index is 13.9. The van der Waals surface area contributed by atoms with E-state index >= 15 is 0 Å². The van der Waals surface area contributed by atoms with Gasteiger partial charge in [0.1, 0.15) is 16.9 Å². The lowest BCUT2D eigenvalue weighted by Gasteiger charge is -2.00. The molecule has 0 aliphatic carbocycles. The molecule has 5 heteroatoms. The molecule has 0 atom stereocenters. The predicted octanol–water partition coefficient (Wildman–Crippen LogP) is 1.59. The first-order chi connectivity index (χ1) is 12.1. The quantitative estimate of drug-likeness (QED) is 0.478. The number of aromatic nitrogens is 2. The number of halogens is 2. The van der Waals surface area contributed by atoms with E-state index in [1.807, 2.05) is 47.3 Å². The predicted molar refractivity (Wildman–Crippen MR) is 94.6 cm³/mol. The average Bonchev–Trinajstić information content (AvgIpc) is 3.00. The molecule has 132 valence electrons. The van der Waals surface area contributed by atoms with Gasteiger partial charge in [0.15, 0.2) is 24.5 Å². The van der Waals surface area contributed by atoms with Crippen LogP contribution in [0.4, 0.5) is 4.39 Å². The molecule has 0 saturated heterocycles. The SMILES string of the molecule is Cc1cc2nc(-c3ccc[n+](Cc4ccccc4F)c3)oc2cc1C.[Br-]. The van der Waals surface area contributed by atoms with Crippen LogP contribution in [-0.2, 0) is 6.54 Å². The summed E-state index contributed by atoms with van der Waals surface area (Å²) in [4.78, 5) is 4.60. The van der Waals surface area contributed by atoms with Gasteiger partial charge in [0.2, 0.25) is 5.89 Å². The van der Waals surface area contributed by atoms with Crippen molar-refractivity contribution in [2.24, 2.45) is 0 Å². The Hall–Kier alpha value is -2.53. The number of hydrogen-bond donors (Lipinski definition) is 0. The lowest BCUT2D eigenvalue weighted by Crippen LogP contribution is -3.00. The van der Waals surface area contributed by atoms with Crippen molar-refractivity contribution in [3.05, 3.63) is 83.4 Å².